The number of hydrazone groups is 1. The van der Waals surface area contributed by atoms with Crippen molar-refractivity contribution in [2.24, 2.45) is 11.0 Å². The third-order valence-electron chi connectivity index (χ3n) is 4.35. The molecule has 2 aliphatic heterocycles. The Morgan fingerprint density at radius 3 is 2.71 bits per heavy atom. The molecule has 1 aromatic rings. The number of nitrogens with zero attached hydrogens (tertiary/aromatic N) is 2. The first-order valence-corrected chi connectivity index (χ1v) is 7.97. The normalized spacial score (nSPS) is 25.2. The first-order valence-electron chi connectivity index (χ1n) is 7.21. The fourth-order valence-electron chi connectivity index (χ4n) is 3.16. The second kappa shape index (κ2) is 6.03. The van der Waals surface area contributed by atoms with Gasteiger partial charge in [0.1, 0.15) is 0 Å². The van der Waals surface area contributed by atoms with Crippen LogP contribution in [0.2, 0.25) is 10.0 Å². The molecule has 2 atom stereocenters. The monoisotopic (exact) mass is 327 g/mol. The number of piperidine rings is 1. The maximum absolute atomic E-state index is 6.26. The van der Waals surface area contributed by atoms with Gasteiger partial charge < -0.3 is 15.1 Å². The van der Waals surface area contributed by atoms with E-state index in [-0.39, 0.29) is 6.04 Å². The predicted octanol–water partition coefficient (Wildman–Crippen LogP) is 3.34. The summed E-state index contributed by atoms with van der Waals surface area (Å²) in [5.74, 6) is 0.916. The summed E-state index contributed by atoms with van der Waals surface area (Å²) in [6, 6.07) is 3.98. The molecule has 6 heteroatoms. The van der Waals surface area contributed by atoms with Crippen LogP contribution in [-0.2, 0) is 0 Å². The third kappa shape index (κ3) is 2.72. The molecule has 0 radical (unpaired) electrons. The van der Waals surface area contributed by atoms with E-state index < -0.39 is 0 Å². The van der Waals surface area contributed by atoms with Crippen molar-refractivity contribution >= 4 is 28.9 Å². The molecule has 0 saturated carbocycles. The molecule has 1 fully saturated rings. The van der Waals surface area contributed by atoms with E-state index in [1.165, 1.54) is 5.71 Å². The van der Waals surface area contributed by atoms with Gasteiger partial charge in [-0.15, -0.1) is 0 Å². The SMILES string of the molecule is CCN1CCC2=NNC(c3cc(Cl)c(OC)c(Cl)c3)C2C1. The summed E-state index contributed by atoms with van der Waals surface area (Å²) in [6.07, 6.45) is 1.03. The Hall–Kier alpha value is -0.970. The average Bonchev–Trinajstić information content (AvgIpc) is 2.89. The Kier molecular flexibility index (Phi) is 4.29. The molecule has 2 aliphatic rings. The van der Waals surface area contributed by atoms with E-state index >= 15 is 0 Å². The van der Waals surface area contributed by atoms with Crippen molar-refractivity contribution in [2.45, 2.75) is 19.4 Å². The van der Waals surface area contributed by atoms with Crippen LogP contribution in [0.1, 0.15) is 24.9 Å². The molecule has 3 rings (SSSR count). The molecule has 0 spiro atoms. The van der Waals surface area contributed by atoms with Crippen molar-refractivity contribution in [1.82, 2.24) is 10.3 Å². The summed E-state index contributed by atoms with van der Waals surface area (Å²) in [7, 11) is 1.57. The van der Waals surface area contributed by atoms with Crippen molar-refractivity contribution in [2.75, 3.05) is 26.7 Å². The standard InChI is InChI=1S/C15H19Cl2N3O/c1-3-20-5-4-13-10(8-20)14(19-18-13)9-6-11(16)15(21-2)12(17)7-9/h6-7,10,14,19H,3-5,8H2,1-2H3. The molecule has 4 nitrogen and oxygen atoms in total. The van der Waals surface area contributed by atoms with E-state index in [9.17, 15) is 0 Å². The lowest BCUT2D eigenvalue weighted by Crippen LogP contribution is -2.41. The maximum atomic E-state index is 6.26. The Morgan fingerprint density at radius 1 is 1.38 bits per heavy atom. The first-order chi connectivity index (χ1) is 10.1. The van der Waals surface area contributed by atoms with Gasteiger partial charge in [0.05, 0.1) is 23.2 Å². The molecule has 2 unspecified atom stereocenters. The van der Waals surface area contributed by atoms with Crippen LogP contribution >= 0.6 is 23.2 Å². The molecule has 1 N–H and O–H groups in total. The largest absolute Gasteiger partial charge is 0.494 e. The maximum Gasteiger partial charge on any atom is 0.156 e. The van der Waals surface area contributed by atoms with Crippen molar-refractivity contribution in [3.8, 4) is 5.75 Å². The van der Waals surface area contributed by atoms with Gasteiger partial charge in [0, 0.05) is 31.1 Å². The number of hydrogen-bond donors (Lipinski definition) is 1. The Balaban J connectivity index is 1.88. The van der Waals surface area contributed by atoms with E-state index in [1.54, 1.807) is 7.11 Å². The lowest BCUT2D eigenvalue weighted by atomic mass is 9.86. The minimum absolute atomic E-state index is 0.134. The molecule has 2 heterocycles. The van der Waals surface area contributed by atoms with Crippen LogP contribution < -0.4 is 10.2 Å². The highest BCUT2D eigenvalue weighted by Crippen LogP contribution is 2.39. The van der Waals surface area contributed by atoms with Gasteiger partial charge in [-0.3, -0.25) is 0 Å². The van der Waals surface area contributed by atoms with Crippen LogP contribution in [-0.4, -0.2) is 37.4 Å². The van der Waals surface area contributed by atoms with Crippen molar-refractivity contribution < 1.29 is 4.74 Å². The van der Waals surface area contributed by atoms with Crippen LogP contribution in [0, 0.1) is 5.92 Å². The zero-order chi connectivity index (χ0) is 15.0. The molecule has 0 bridgehead atoms. The van der Waals surface area contributed by atoms with Crippen molar-refractivity contribution in [3.63, 3.8) is 0 Å². The Labute approximate surface area is 135 Å². The quantitative estimate of drug-likeness (QED) is 0.925. The van der Waals surface area contributed by atoms with Crippen molar-refractivity contribution in [1.29, 1.82) is 0 Å². The highest BCUT2D eigenvalue weighted by molar-refractivity contribution is 6.37. The summed E-state index contributed by atoms with van der Waals surface area (Å²) in [6.45, 7) is 5.37. The van der Waals surface area contributed by atoms with Crippen LogP contribution in [0.15, 0.2) is 17.2 Å². The zero-order valence-electron chi connectivity index (χ0n) is 12.2. The predicted molar refractivity (Wildman–Crippen MR) is 86.5 cm³/mol. The van der Waals surface area contributed by atoms with Gasteiger partial charge in [0.25, 0.3) is 0 Å². The minimum Gasteiger partial charge on any atom is -0.494 e. The lowest BCUT2D eigenvalue weighted by Gasteiger charge is -2.32. The van der Waals surface area contributed by atoms with Gasteiger partial charge in [-0.2, -0.15) is 5.10 Å². The number of benzene rings is 1. The number of likely N-dealkylation sites (tertiary alicyclic amines) is 1. The summed E-state index contributed by atoms with van der Waals surface area (Å²) in [4.78, 5) is 2.45. The van der Waals surface area contributed by atoms with E-state index in [2.05, 4.69) is 22.4 Å². The number of rotatable bonds is 3. The molecule has 114 valence electrons. The summed E-state index contributed by atoms with van der Waals surface area (Å²) < 4.78 is 5.21. The topological polar surface area (TPSA) is 36.9 Å². The van der Waals surface area contributed by atoms with E-state index in [1.807, 2.05) is 12.1 Å². The van der Waals surface area contributed by atoms with E-state index in [4.69, 9.17) is 27.9 Å². The number of fused-ring (bicyclic) bond motifs is 1. The minimum atomic E-state index is 0.134. The van der Waals surface area contributed by atoms with Gasteiger partial charge in [0.15, 0.2) is 5.75 Å². The fraction of sp³-hybridized carbons (Fsp3) is 0.533. The van der Waals surface area contributed by atoms with E-state index in [0.29, 0.717) is 21.7 Å². The first kappa shape index (κ1) is 14.9. The van der Waals surface area contributed by atoms with Crippen LogP contribution in [0.3, 0.4) is 0 Å². The van der Waals surface area contributed by atoms with Gasteiger partial charge in [-0.25, -0.2) is 0 Å². The number of ether oxygens (including phenoxy) is 1. The molecular formula is C15H19Cl2N3O. The molecule has 0 aromatic heterocycles. The highest BCUT2D eigenvalue weighted by Gasteiger charge is 2.37. The fourth-order valence-corrected chi connectivity index (χ4v) is 3.82. The summed E-state index contributed by atoms with van der Waals surface area (Å²) in [5, 5.41) is 5.59. The van der Waals surface area contributed by atoms with Crippen LogP contribution in [0.4, 0.5) is 0 Å². The van der Waals surface area contributed by atoms with Gasteiger partial charge in [-0.05, 0) is 24.2 Å². The Morgan fingerprint density at radius 2 is 2.10 bits per heavy atom. The Bertz CT molecular complexity index is 553. The smallest absolute Gasteiger partial charge is 0.156 e. The second-order valence-corrected chi connectivity index (χ2v) is 6.29. The average molecular weight is 328 g/mol. The molecular weight excluding hydrogens is 309 g/mol. The van der Waals surface area contributed by atoms with E-state index in [0.717, 1.165) is 31.6 Å². The molecule has 0 aliphatic carbocycles. The molecule has 1 saturated heterocycles. The van der Waals surface area contributed by atoms with Crippen LogP contribution in [0.25, 0.3) is 0 Å². The van der Waals surface area contributed by atoms with Gasteiger partial charge in [-0.1, -0.05) is 30.1 Å². The second-order valence-electron chi connectivity index (χ2n) is 5.48. The number of nitrogens with one attached hydrogen (secondary N) is 1. The molecule has 0 amide bonds. The number of halogens is 2. The molecule has 1 aromatic carbocycles. The van der Waals surface area contributed by atoms with Gasteiger partial charge in [0.2, 0.25) is 0 Å². The summed E-state index contributed by atoms with van der Waals surface area (Å²) >= 11 is 12.5. The van der Waals surface area contributed by atoms with Crippen molar-refractivity contribution in [3.05, 3.63) is 27.7 Å². The number of methoxy groups -OCH3 is 1. The summed E-state index contributed by atoms with van der Waals surface area (Å²) in [5.41, 5.74) is 5.57. The number of hydrogen-bond acceptors (Lipinski definition) is 4. The highest BCUT2D eigenvalue weighted by atomic mass is 35.5. The van der Waals surface area contributed by atoms with Crippen LogP contribution in [0.5, 0.6) is 5.75 Å². The lowest BCUT2D eigenvalue weighted by molar-refractivity contribution is 0.238. The zero-order valence-corrected chi connectivity index (χ0v) is 13.7. The molecule has 21 heavy (non-hydrogen) atoms. The van der Waals surface area contributed by atoms with Gasteiger partial charge >= 0.3 is 0 Å². The third-order valence-corrected chi connectivity index (χ3v) is 4.91.